The van der Waals surface area contributed by atoms with Crippen molar-refractivity contribution in [1.82, 2.24) is 10.3 Å². The summed E-state index contributed by atoms with van der Waals surface area (Å²) in [6.07, 6.45) is 3.02. The molecule has 0 bridgehead atoms. The summed E-state index contributed by atoms with van der Waals surface area (Å²) in [4.78, 5) is 16.3. The molecule has 1 aromatic carbocycles. The number of carbonyl (C=O) groups is 1. The molecule has 0 spiro atoms. The van der Waals surface area contributed by atoms with Crippen molar-refractivity contribution in [2.75, 3.05) is 11.9 Å². The van der Waals surface area contributed by atoms with Gasteiger partial charge >= 0.3 is 0 Å². The number of pyridine rings is 1. The molecular weight excluding hydrogens is 250 g/mol. The Morgan fingerprint density at radius 3 is 3.05 bits per heavy atom. The van der Waals surface area contributed by atoms with E-state index in [1.54, 1.807) is 6.20 Å². The summed E-state index contributed by atoms with van der Waals surface area (Å²) in [6, 6.07) is 11.7. The highest BCUT2D eigenvalue weighted by atomic mass is 16.1. The SMILES string of the molecule is O=C(Cc1ccccn1)Nc1cccc2c1CNCC2. The second kappa shape index (κ2) is 5.84. The minimum atomic E-state index is -0.0253. The van der Waals surface area contributed by atoms with E-state index in [4.69, 9.17) is 0 Å². The maximum atomic E-state index is 12.1. The Balaban J connectivity index is 1.73. The molecule has 1 aromatic heterocycles. The number of carbonyl (C=O) groups excluding carboxylic acids is 1. The van der Waals surface area contributed by atoms with Crippen LogP contribution in [0.5, 0.6) is 0 Å². The van der Waals surface area contributed by atoms with E-state index < -0.39 is 0 Å². The summed E-state index contributed by atoms with van der Waals surface area (Å²) in [5.41, 5.74) is 4.22. The summed E-state index contributed by atoms with van der Waals surface area (Å²) in [7, 11) is 0. The highest BCUT2D eigenvalue weighted by molar-refractivity contribution is 5.93. The Bertz CT molecular complexity index is 610. The van der Waals surface area contributed by atoms with Gasteiger partial charge in [-0.1, -0.05) is 18.2 Å². The van der Waals surface area contributed by atoms with Gasteiger partial charge in [0.1, 0.15) is 0 Å². The van der Waals surface area contributed by atoms with Crippen molar-refractivity contribution in [1.29, 1.82) is 0 Å². The Morgan fingerprint density at radius 2 is 2.20 bits per heavy atom. The second-order valence-corrected chi connectivity index (χ2v) is 4.92. The van der Waals surface area contributed by atoms with Gasteiger partial charge < -0.3 is 10.6 Å². The smallest absolute Gasteiger partial charge is 0.230 e. The minimum Gasteiger partial charge on any atom is -0.325 e. The zero-order valence-corrected chi connectivity index (χ0v) is 11.2. The number of aromatic nitrogens is 1. The van der Waals surface area contributed by atoms with Crippen LogP contribution in [0.1, 0.15) is 16.8 Å². The summed E-state index contributed by atoms with van der Waals surface area (Å²) in [6.45, 7) is 1.81. The molecule has 2 N–H and O–H groups in total. The molecule has 0 aliphatic carbocycles. The fourth-order valence-corrected chi connectivity index (χ4v) is 2.49. The molecule has 2 aromatic rings. The third-order valence-electron chi connectivity index (χ3n) is 3.49. The first kappa shape index (κ1) is 12.8. The van der Waals surface area contributed by atoms with Crippen molar-refractivity contribution in [3.8, 4) is 0 Å². The molecule has 3 rings (SSSR count). The number of amides is 1. The van der Waals surface area contributed by atoms with Crippen LogP contribution in [0, 0.1) is 0 Å². The molecule has 0 atom stereocenters. The van der Waals surface area contributed by atoms with E-state index in [9.17, 15) is 4.79 Å². The second-order valence-electron chi connectivity index (χ2n) is 4.92. The van der Waals surface area contributed by atoms with Gasteiger partial charge in [0, 0.05) is 24.1 Å². The first-order valence-corrected chi connectivity index (χ1v) is 6.84. The van der Waals surface area contributed by atoms with Crippen LogP contribution < -0.4 is 10.6 Å². The van der Waals surface area contributed by atoms with Crippen LogP contribution in [-0.4, -0.2) is 17.4 Å². The summed E-state index contributed by atoms with van der Waals surface area (Å²) in [5.74, 6) is -0.0253. The Kier molecular flexibility index (Phi) is 3.74. The van der Waals surface area contributed by atoms with Crippen molar-refractivity contribution in [3.63, 3.8) is 0 Å². The van der Waals surface area contributed by atoms with Gasteiger partial charge in [-0.25, -0.2) is 0 Å². The lowest BCUT2D eigenvalue weighted by molar-refractivity contribution is -0.115. The minimum absolute atomic E-state index is 0.0253. The van der Waals surface area contributed by atoms with E-state index in [0.717, 1.165) is 30.9 Å². The lowest BCUT2D eigenvalue weighted by Gasteiger charge is -2.20. The largest absolute Gasteiger partial charge is 0.325 e. The Morgan fingerprint density at radius 1 is 1.25 bits per heavy atom. The highest BCUT2D eigenvalue weighted by Crippen LogP contribution is 2.23. The molecule has 0 radical (unpaired) electrons. The fraction of sp³-hybridized carbons (Fsp3) is 0.250. The monoisotopic (exact) mass is 267 g/mol. The average molecular weight is 267 g/mol. The third kappa shape index (κ3) is 2.86. The van der Waals surface area contributed by atoms with Crippen LogP contribution in [0.15, 0.2) is 42.6 Å². The standard InChI is InChI=1S/C16H17N3O/c20-16(10-13-5-1-2-8-18-13)19-15-6-3-4-12-7-9-17-11-14(12)15/h1-6,8,17H,7,9-11H2,(H,19,20). The van der Waals surface area contributed by atoms with Gasteiger partial charge in [-0.3, -0.25) is 9.78 Å². The molecule has 4 nitrogen and oxygen atoms in total. The molecule has 4 heteroatoms. The molecule has 2 heterocycles. The van der Waals surface area contributed by atoms with E-state index in [0.29, 0.717) is 6.42 Å². The molecule has 0 saturated heterocycles. The van der Waals surface area contributed by atoms with E-state index in [1.807, 2.05) is 30.3 Å². The van der Waals surface area contributed by atoms with Crippen molar-refractivity contribution >= 4 is 11.6 Å². The summed E-state index contributed by atoms with van der Waals surface area (Å²) in [5, 5.41) is 6.34. The average Bonchev–Trinajstić information content (AvgIpc) is 2.48. The van der Waals surface area contributed by atoms with E-state index >= 15 is 0 Å². The molecule has 1 aliphatic heterocycles. The van der Waals surface area contributed by atoms with Gasteiger partial charge in [-0.2, -0.15) is 0 Å². The number of nitrogens with one attached hydrogen (secondary N) is 2. The van der Waals surface area contributed by atoms with E-state index in [1.165, 1.54) is 11.1 Å². The van der Waals surface area contributed by atoms with Crippen molar-refractivity contribution in [2.45, 2.75) is 19.4 Å². The molecule has 102 valence electrons. The van der Waals surface area contributed by atoms with Crippen molar-refractivity contribution < 1.29 is 4.79 Å². The maximum Gasteiger partial charge on any atom is 0.230 e. The zero-order chi connectivity index (χ0) is 13.8. The Hall–Kier alpha value is -2.20. The topological polar surface area (TPSA) is 54.0 Å². The molecule has 1 aliphatic rings. The van der Waals surface area contributed by atoms with Crippen LogP contribution in [0.4, 0.5) is 5.69 Å². The van der Waals surface area contributed by atoms with E-state index in [2.05, 4.69) is 21.7 Å². The molecule has 0 unspecified atom stereocenters. The predicted molar refractivity (Wildman–Crippen MR) is 78.4 cm³/mol. The van der Waals surface area contributed by atoms with Gasteiger partial charge in [0.15, 0.2) is 0 Å². The van der Waals surface area contributed by atoms with Gasteiger partial charge in [0.25, 0.3) is 0 Å². The molecular formula is C16H17N3O. The zero-order valence-electron chi connectivity index (χ0n) is 11.2. The van der Waals surface area contributed by atoms with Gasteiger partial charge in [-0.05, 0) is 42.3 Å². The van der Waals surface area contributed by atoms with Gasteiger partial charge in [0.05, 0.1) is 6.42 Å². The Labute approximate surface area is 118 Å². The number of anilines is 1. The number of hydrogen-bond acceptors (Lipinski definition) is 3. The highest BCUT2D eigenvalue weighted by Gasteiger charge is 2.14. The normalized spacial score (nSPS) is 13.6. The van der Waals surface area contributed by atoms with Crippen LogP contribution in [0.3, 0.4) is 0 Å². The summed E-state index contributed by atoms with van der Waals surface area (Å²) < 4.78 is 0. The summed E-state index contributed by atoms with van der Waals surface area (Å²) >= 11 is 0. The number of nitrogens with zero attached hydrogens (tertiary/aromatic N) is 1. The molecule has 0 saturated carbocycles. The van der Waals surface area contributed by atoms with Crippen LogP contribution >= 0.6 is 0 Å². The quantitative estimate of drug-likeness (QED) is 0.893. The lowest BCUT2D eigenvalue weighted by atomic mass is 9.99. The van der Waals surface area contributed by atoms with Gasteiger partial charge in [0.2, 0.25) is 5.91 Å². The fourth-order valence-electron chi connectivity index (χ4n) is 2.49. The number of hydrogen-bond donors (Lipinski definition) is 2. The number of fused-ring (bicyclic) bond motifs is 1. The van der Waals surface area contributed by atoms with Crippen LogP contribution in [0.25, 0.3) is 0 Å². The molecule has 1 amide bonds. The first-order chi connectivity index (χ1) is 9.83. The maximum absolute atomic E-state index is 12.1. The van der Waals surface area contributed by atoms with E-state index in [-0.39, 0.29) is 5.91 Å². The predicted octanol–water partition coefficient (Wildman–Crippen LogP) is 1.91. The van der Waals surface area contributed by atoms with Crippen LogP contribution in [-0.2, 0) is 24.2 Å². The number of rotatable bonds is 3. The van der Waals surface area contributed by atoms with Crippen molar-refractivity contribution in [3.05, 3.63) is 59.4 Å². The molecule has 0 fully saturated rings. The van der Waals surface area contributed by atoms with Gasteiger partial charge in [-0.15, -0.1) is 0 Å². The van der Waals surface area contributed by atoms with Crippen LogP contribution in [0.2, 0.25) is 0 Å². The first-order valence-electron chi connectivity index (χ1n) is 6.84. The van der Waals surface area contributed by atoms with Crippen molar-refractivity contribution in [2.24, 2.45) is 0 Å². The molecule has 20 heavy (non-hydrogen) atoms. The lowest BCUT2D eigenvalue weighted by Crippen LogP contribution is -2.26. The number of benzene rings is 1. The third-order valence-corrected chi connectivity index (χ3v) is 3.49.